The summed E-state index contributed by atoms with van der Waals surface area (Å²) in [4.78, 5) is 27.2. The smallest absolute Gasteiger partial charge is 0.436 e. The van der Waals surface area contributed by atoms with Gasteiger partial charge in [-0.25, -0.2) is 4.79 Å². The first-order chi connectivity index (χ1) is 15.6. The van der Waals surface area contributed by atoms with Crippen molar-refractivity contribution in [2.75, 3.05) is 7.11 Å². The molecular weight excluding hydrogens is 420 g/mol. The lowest BCUT2D eigenvalue weighted by Crippen LogP contribution is -2.24. The Balaban J connectivity index is 1.56. The summed E-state index contributed by atoms with van der Waals surface area (Å²) < 4.78 is 15.9. The standard InChI is InChI=1S/C26H32N2O5/c1-26(2,3)33-25(30)28-24(27)19-8-5-17(6-9-19)16-32-22-12-11-20-13-18(14-23(29)31-4)7-10-21(20)15-22/h5-6,8-9,11-12,15,18H,7,10,13-14,16H2,1-4H3,(H2,27,28,30). The number of benzene rings is 2. The van der Waals surface area contributed by atoms with E-state index in [0.717, 1.165) is 30.6 Å². The Kier molecular flexibility index (Phi) is 7.74. The Hall–Kier alpha value is -3.35. The first kappa shape index (κ1) is 24.3. The SMILES string of the molecule is COC(=O)CC1CCc2cc(OCc3ccc(/C(N)=N/C(=O)OC(C)(C)C)cc3)ccc2C1. The number of nitrogens with two attached hydrogens (primary N) is 1. The predicted molar refractivity (Wildman–Crippen MR) is 126 cm³/mol. The molecular formula is C26H32N2O5. The third-order valence-electron chi connectivity index (χ3n) is 5.45. The first-order valence-corrected chi connectivity index (χ1v) is 11.1. The molecule has 2 aromatic carbocycles. The van der Waals surface area contributed by atoms with Crippen molar-refractivity contribution in [3.8, 4) is 5.75 Å². The van der Waals surface area contributed by atoms with Crippen LogP contribution in [0.2, 0.25) is 0 Å². The van der Waals surface area contributed by atoms with Gasteiger partial charge < -0.3 is 19.9 Å². The minimum absolute atomic E-state index is 0.108. The summed E-state index contributed by atoms with van der Waals surface area (Å²) in [6.45, 7) is 5.73. The van der Waals surface area contributed by atoms with Crippen LogP contribution >= 0.6 is 0 Å². The molecule has 0 aromatic heterocycles. The van der Waals surface area contributed by atoms with Gasteiger partial charge in [-0.3, -0.25) is 4.79 Å². The Morgan fingerprint density at radius 2 is 1.82 bits per heavy atom. The second-order valence-electron chi connectivity index (χ2n) is 9.28. The molecule has 33 heavy (non-hydrogen) atoms. The second kappa shape index (κ2) is 10.5. The lowest BCUT2D eigenvalue weighted by molar-refractivity contribution is -0.141. The zero-order valence-electron chi connectivity index (χ0n) is 19.7. The van der Waals surface area contributed by atoms with Gasteiger partial charge >= 0.3 is 12.1 Å². The quantitative estimate of drug-likeness (QED) is 0.391. The van der Waals surface area contributed by atoms with Crippen LogP contribution in [0.5, 0.6) is 5.75 Å². The maximum absolute atomic E-state index is 11.8. The van der Waals surface area contributed by atoms with Gasteiger partial charge in [0, 0.05) is 12.0 Å². The molecule has 0 fully saturated rings. The highest BCUT2D eigenvalue weighted by Gasteiger charge is 2.22. The Labute approximate surface area is 194 Å². The molecule has 176 valence electrons. The number of carbonyl (C=O) groups excluding carboxylic acids is 2. The lowest BCUT2D eigenvalue weighted by Gasteiger charge is -2.24. The largest absolute Gasteiger partial charge is 0.489 e. The topological polar surface area (TPSA) is 100 Å². The van der Waals surface area contributed by atoms with E-state index in [2.05, 4.69) is 17.1 Å². The fraction of sp³-hybridized carbons (Fsp3) is 0.423. The number of ether oxygens (including phenoxy) is 3. The molecule has 1 aliphatic rings. The highest BCUT2D eigenvalue weighted by atomic mass is 16.6. The number of nitrogens with zero attached hydrogens (tertiary/aromatic N) is 1. The van der Waals surface area contributed by atoms with E-state index >= 15 is 0 Å². The minimum atomic E-state index is -0.712. The molecule has 7 nitrogen and oxygen atoms in total. The number of aliphatic imine (C=N–C) groups is 1. The van der Waals surface area contributed by atoms with Crippen molar-refractivity contribution < 1.29 is 23.8 Å². The first-order valence-electron chi connectivity index (χ1n) is 11.1. The summed E-state index contributed by atoms with van der Waals surface area (Å²) in [7, 11) is 1.43. The molecule has 0 bridgehead atoms. The molecule has 1 atom stereocenters. The number of hydrogen-bond donors (Lipinski definition) is 1. The Morgan fingerprint density at radius 1 is 1.09 bits per heavy atom. The van der Waals surface area contributed by atoms with Crippen LogP contribution in [-0.4, -0.2) is 30.6 Å². The summed E-state index contributed by atoms with van der Waals surface area (Å²) >= 11 is 0. The number of rotatable bonds is 6. The zero-order valence-corrected chi connectivity index (χ0v) is 19.7. The predicted octanol–water partition coefficient (Wildman–Crippen LogP) is 4.57. The van der Waals surface area contributed by atoms with Gasteiger partial charge in [0.1, 0.15) is 23.8 Å². The van der Waals surface area contributed by atoms with Gasteiger partial charge in [0.2, 0.25) is 0 Å². The van der Waals surface area contributed by atoms with Crippen molar-refractivity contribution in [3.63, 3.8) is 0 Å². The molecule has 2 N–H and O–H groups in total. The van der Waals surface area contributed by atoms with E-state index in [1.807, 2.05) is 18.2 Å². The summed E-state index contributed by atoms with van der Waals surface area (Å²) in [5.74, 6) is 1.11. The van der Waals surface area contributed by atoms with Crippen molar-refractivity contribution in [1.82, 2.24) is 0 Å². The van der Waals surface area contributed by atoms with Gasteiger partial charge in [-0.15, -0.1) is 0 Å². The van der Waals surface area contributed by atoms with E-state index in [-0.39, 0.29) is 11.8 Å². The Morgan fingerprint density at radius 3 is 2.48 bits per heavy atom. The molecule has 2 aromatic rings. The molecule has 1 aliphatic carbocycles. The number of aryl methyl sites for hydroxylation is 1. The molecule has 0 spiro atoms. The number of esters is 1. The molecule has 7 heteroatoms. The molecule has 0 saturated heterocycles. The van der Waals surface area contributed by atoms with Crippen molar-refractivity contribution >= 4 is 17.9 Å². The van der Waals surface area contributed by atoms with Crippen LogP contribution in [0.15, 0.2) is 47.5 Å². The van der Waals surface area contributed by atoms with E-state index in [4.69, 9.17) is 19.9 Å². The monoisotopic (exact) mass is 452 g/mol. The highest BCUT2D eigenvalue weighted by Crippen LogP contribution is 2.30. The van der Waals surface area contributed by atoms with Gasteiger partial charge in [-0.2, -0.15) is 4.99 Å². The van der Waals surface area contributed by atoms with E-state index in [0.29, 0.717) is 24.5 Å². The van der Waals surface area contributed by atoms with E-state index < -0.39 is 11.7 Å². The fourth-order valence-electron chi connectivity index (χ4n) is 3.78. The molecule has 1 amide bonds. The van der Waals surface area contributed by atoms with E-state index in [1.54, 1.807) is 32.9 Å². The van der Waals surface area contributed by atoms with Gasteiger partial charge in [0.15, 0.2) is 0 Å². The number of methoxy groups -OCH3 is 1. The van der Waals surface area contributed by atoms with Gasteiger partial charge in [-0.05, 0) is 74.8 Å². The van der Waals surface area contributed by atoms with Gasteiger partial charge in [-0.1, -0.05) is 30.3 Å². The molecule has 0 radical (unpaired) electrons. The third-order valence-corrected chi connectivity index (χ3v) is 5.45. The maximum atomic E-state index is 11.8. The molecule has 0 heterocycles. The van der Waals surface area contributed by atoms with Crippen molar-refractivity contribution in [2.45, 2.75) is 58.7 Å². The number of fused-ring (bicyclic) bond motifs is 1. The van der Waals surface area contributed by atoms with E-state index in [9.17, 15) is 9.59 Å². The average Bonchev–Trinajstić information content (AvgIpc) is 2.76. The van der Waals surface area contributed by atoms with E-state index in [1.165, 1.54) is 18.2 Å². The summed E-state index contributed by atoms with van der Waals surface area (Å²) in [5, 5.41) is 0. The van der Waals surface area contributed by atoms with Gasteiger partial charge in [0.25, 0.3) is 0 Å². The third kappa shape index (κ3) is 7.34. The summed E-state index contributed by atoms with van der Waals surface area (Å²) in [5.41, 5.74) is 9.46. The van der Waals surface area contributed by atoms with Crippen molar-refractivity contribution in [2.24, 2.45) is 16.6 Å². The fourth-order valence-corrected chi connectivity index (χ4v) is 3.78. The molecule has 0 saturated carbocycles. The minimum Gasteiger partial charge on any atom is -0.489 e. The summed E-state index contributed by atoms with van der Waals surface area (Å²) in [6.07, 6.45) is 2.55. The number of carbonyl (C=O) groups is 2. The zero-order chi connectivity index (χ0) is 24.0. The molecule has 3 rings (SSSR count). The van der Waals surface area contributed by atoms with Crippen LogP contribution < -0.4 is 10.5 Å². The molecule has 1 unspecified atom stereocenters. The van der Waals surface area contributed by atoms with Crippen LogP contribution in [0.4, 0.5) is 4.79 Å². The van der Waals surface area contributed by atoms with Crippen molar-refractivity contribution in [3.05, 3.63) is 64.7 Å². The van der Waals surface area contributed by atoms with Crippen LogP contribution in [-0.2, 0) is 33.7 Å². The number of hydrogen-bond acceptors (Lipinski definition) is 5. The maximum Gasteiger partial charge on any atom is 0.436 e. The molecule has 0 aliphatic heterocycles. The van der Waals surface area contributed by atoms with Gasteiger partial charge in [0.05, 0.1) is 7.11 Å². The van der Waals surface area contributed by atoms with Crippen molar-refractivity contribution in [1.29, 1.82) is 0 Å². The van der Waals surface area contributed by atoms with Crippen LogP contribution in [0, 0.1) is 5.92 Å². The normalized spacial score (nSPS) is 16.0. The summed E-state index contributed by atoms with van der Waals surface area (Å²) in [6, 6.07) is 13.5. The number of amides is 1. The highest BCUT2D eigenvalue weighted by molar-refractivity contribution is 6.02. The second-order valence-corrected chi connectivity index (χ2v) is 9.28. The average molecular weight is 453 g/mol. The van der Waals surface area contributed by atoms with Crippen LogP contribution in [0.25, 0.3) is 0 Å². The number of amidine groups is 1. The Bertz CT molecular complexity index is 1020. The van der Waals surface area contributed by atoms with Crippen LogP contribution in [0.1, 0.15) is 55.9 Å². The van der Waals surface area contributed by atoms with Crippen LogP contribution in [0.3, 0.4) is 0 Å². The lowest BCUT2D eigenvalue weighted by atomic mass is 9.82.